The average molecular weight is 129 g/mol. The minimum Gasteiger partial charge on any atom is -0.322 e. The van der Waals surface area contributed by atoms with E-state index in [1.807, 2.05) is 6.92 Å². The number of rotatable bonds is 1. The van der Waals surface area contributed by atoms with E-state index in [4.69, 9.17) is 5.73 Å². The van der Waals surface area contributed by atoms with Gasteiger partial charge < -0.3 is 5.73 Å². The lowest BCUT2D eigenvalue weighted by molar-refractivity contribution is 0.786. The fourth-order valence-corrected chi connectivity index (χ4v) is 0.891. The van der Waals surface area contributed by atoms with E-state index >= 15 is 0 Å². The van der Waals surface area contributed by atoms with Crippen molar-refractivity contribution in [2.45, 2.75) is 13.0 Å². The van der Waals surface area contributed by atoms with Crippen molar-refractivity contribution in [2.24, 2.45) is 5.73 Å². The molecule has 0 amide bonds. The number of nitrogens with zero attached hydrogens (tertiary/aromatic N) is 2. The van der Waals surface area contributed by atoms with Crippen molar-refractivity contribution in [2.75, 3.05) is 0 Å². The molecule has 0 aliphatic heterocycles. The van der Waals surface area contributed by atoms with Gasteiger partial charge in [-0.15, -0.1) is 21.5 Å². The standard InChI is InChI=1S/C4H7N3S/c1-3(5)4-7-6-2-8-4/h2-3H,5H2,1H3. The Hall–Kier alpha value is -0.480. The molecule has 8 heavy (non-hydrogen) atoms. The first-order valence-corrected chi connectivity index (χ1v) is 3.20. The molecule has 1 unspecified atom stereocenters. The Morgan fingerprint density at radius 2 is 2.62 bits per heavy atom. The average Bonchev–Trinajstić information content (AvgIpc) is 2.12. The minimum absolute atomic E-state index is 0.0301. The summed E-state index contributed by atoms with van der Waals surface area (Å²) in [6.45, 7) is 1.89. The second kappa shape index (κ2) is 2.19. The Kier molecular flexibility index (Phi) is 1.55. The first kappa shape index (κ1) is 5.65. The molecule has 1 rings (SSSR count). The van der Waals surface area contributed by atoms with Crippen LogP contribution in [0.2, 0.25) is 0 Å². The Labute approximate surface area is 51.5 Å². The number of aromatic nitrogens is 2. The normalized spacial score (nSPS) is 13.8. The van der Waals surface area contributed by atoms with Crippen molar-refractivity contribution in [3.8, 4) is 0 Å². The van der Waals surface area contributed by atoms with E-state index in [9.17, 15) is 0 Å². The maximum Gasteiger partial charge on any atom is 0.133 e. The van der Waals surface area contributed by atoms with Gasteiger partial charge in [0.25, 0.3) is 0 Å². The molecule has 2 N–H and O–H groups in total. The number of hydrogen-bond donors (Lipinski definition) is 1. The zero-order chi connectivity index (χ0) is 5.98. The second-order valence-corrected chi connectivity index (χ2v) is 2.43. The number of hydrogen-bond acceptors (Lipinski definition) is 4. The van der Waals surface area contributed by atoms with Gasteiger partial charge in [-0.05, 0) is 6.92 Å². The van der Waals surface area contributed by atoms with E-state index in [0.717, 1.165) is 5.01 Å². The molecule has 0 bridgehead atoms. The van der Waals surface area contributed by atoms with Gasteiger partial charge in [-0.3, -0.25) is 0 Å². The Morgan fingerprint density at radius 1 is 1.88 bits per heavy atom. The van der Waals surface area contributed by atoms with Crippen LogP contribution in [0.1, 0.15) is 18.0 Å². The lowest BCUT2D eigenvalue weighted by Crippen LogP contribution is -2.03. The number of nitrogens with two attached hydrogens (primary N) is 1. The fraction of sp³-hybridized carbons (Fsp3) is 0.500. The summed E-state index contributed by atoms with van der Waals surface area (Å²) in [7, 11) is 0. The highest BCUT2D eigenvalue weighted by molar-refractivity contribution is 7.09. The van der Waals surface area contributed by atoms with Crippen molar-refractivity contribution >= 4 is 11.3 Å². The van der Waals surface area contributed by atoms with Gasteiger partial charge in [0.05, 0.1) is 6.04 Å². The lowest BCUT2D eigenvalue weighted by Gasteiger charge is -1.93. The van der Waals surface area contributed by atoms with Crippen molar-refractivity contribution in [1.82, 2.24) is 10.2 Å². The van der Waals surface area contributed by atoms with Gasteiger partial charge in [-0.1, -0.05) is 0 Å². The molecule has 44 valence electrons. The first-order valence-electron chi connectivity index (χ1n) is 2.32. The zero-order valence-corrected chi connectivity index (χ0v) is 5.35. The molecule has 1 heterocycles. The molecule has 0 aromatic carbocycles. The van der Waals surface area contributed by atoms with E-state index in [-0.39, 0.29) is 6.04 Å². The summed E-state index contributed by atoms with van der Waals surface area (Å²) in [6.07, 6.45) is 0. The van der Waals surface area contributed by atoms with E-state index < -0.39 is 0 Å². The molecule has 0 spiro atoms. The Balaban J connectivity index is 2.77. The molecule has 0 fully saturated rings. The van der Waals surface area contributed by atoms with Crippen LogP contribution in [0.3, 0.4) is 0 Å². The summed E-state index contributed by atoms with van der Waals surface area (Å²) in [5, 5.41) is 8.28. The molecule has 0 radical (unpaired) electrons. The second-order valence-electron chi connectivity index (χ2n) is 1.57. The molecule has 1 aromatic heterocycles. The van der Waals surface area contributed by atoms with Crippen LogP contribution in [0.5, 0.6) is 0 Å². The topological polar surface area (TPSA) is 51.8 Å². The molecule has 3 nitrogen and oxygen atoms in total. The SMILES string of the molecule is CC(N)c1nncs1. The molecule has 0 aliphatic rings. The summed E-state index contributed by atoms with van der Waals surface area (Å²) in [4.78, 5) is 0. The van der Waals surface area contributed by atoms with Gasteiger partial charge in [-0.25, -0.2) is 0 Å². The Bertz CT molecular complexity index is 146. The maximum absolute atomic E-state index is 5.47. The van der Waals surface area contributed by atoms with Gasteiger partial charge in [0.2, 0.25) is 0 Å². The van der Waals surface area contributed by atoms with Crippen LogP contribution >= 0.6 is 11.3 Å². The lowest BCUT2D eigenvalue weighted by atomic mass is 10.4. The molecular formula is C4H7N3S. The Morgan fingerprint density at radius 3 is 2.88 bits per heavy atom. The van der Waals surface area contributed by atoms with E-state index in [0.29, 0.717) is 0 Å². The summed E-state index contributed by atoms with van der Waals surface area (Å²) in [5.74, 6) is 0. The van der Waals surface area contributed by atoms with Crippen LogP contribution in [0.25, 0.3) is 0 Å². The monoisotopic (exact) mass is 129 g/mol. The van der Waals surface area contributed by atoms with Gasteiger partial charge in [-0.2, -0.15) is 0 Å². The van der Waals surface area contributed by atoms with Crippen molar-refractivity contribution in [1.29, 1.82) is 0 Å². The summed E-state index contributed by atoms with van der Waals surface area (Å²) >= 11 is 1.48. The smallest absolute Gasteiger partial charge is 0.133 e. The predicted molar refractivity (Wildman–Crippen MR) is 32.5 cm³/mol. The van der Waals surface area contributed by atoms with Crippen LogP contribution in [0, 0.1) is 0 Å². The van der Waals surface area contributed by atoms with Crippen LogP contribution in [-0.2, 0) is 0 Å². The molecular weight excluding hydrogens is 122 g/mol. The largest absolute Gasteiger partial charge is 0.322 e. The quantitative estimate of drug-likeness (QED) is 0.602. The summed E-state index contributed by atoms with van der Waals surface area (Å²) < 4.78 is 0. The highest BCUT2D eigenvalue weighted by Crippen LogP contribution is 2.08. The maximum atomic E-state index is 5.47. The molecule has 0 aliphatic carbocycles. The van der Waals surface area contributed by atoms with Gasteiger partial charge in [0, 0.05) is 0 Å². The molecule has 1 atom stereocenters. The van der Waals surface area contributed by atoms with E-state index in [1.54, 1.807) is 5.51 Å². The summed E-state index contributed by atoms with van der Waals surface area (Å²) in [6, 6.07) is 0.0301. The fourth-order valence-electron chi connectivity index (χ4n) is 0.380. The van der Waals surface area contributed by atoms with E-state index in [1.165, 1.54) is 11.3 Å². The van der Waals surface area contributed by atoms with Gasteiger partial charge in [0.15, 0.2) is 0 Å². The van der Waals surface area contributed by atoms with Crippen molar-refractivity contribution in [3.63, 3.8) is 0 Å². The molecule has 1 aromatic rings. The summed E-state index contributed by atoms with van der Waals surface area (Å²) in [5.41, 5.74) is 7.15. The van der Waals surface area contributed by atoms with Crippen molar-refractivity contribution < 1.29 is 0 Å². The minimum atomic E-state index is 0.0301. The van der Waals surface area contributed by atoms with Crippen LogP contribution < -0.4 is 5.73 Å². The third kappa shape index (κ3) is 1.02. The third-order valence-corrected chi connectivity index (χ3v) is 1.66. The van der Waals surface area contributed by atoms with Gasteiger partial charge in [0.1, 0.15) is 10.5 Å². The molecule has 0 saturated carbocycles. The van der Waals surface area contributed by atoms with Crippen LogP contribution in [0.4, 0.5) is 0 Å². The van der Waals surface area contributed by atoms with E-state index in [2.05, 4.69) is 10.2 Å². The van der Waals surface area contributed by atoms with Crippen molar-refractivity contribution in [3.05, 3.63) is 10.5 Å². The van der Waals surface area contributed by atoms with Crippen LogP contribution in [-0.4, -0.2) is 10.2 Å². The van der Waals surface area contributed by atoms with Crippen LogP contribution in [0.15, 0.2) is 5.51 Å². The van der Waals surface area contributed by atoms with Gasteiger partial charge >= 0.3 is 0 Å². The molecule has 0 saturated heterocycles. The zero-order valence-electron chi connectivity index (χ0n) is 4.53. The third-order valence-electron chi connectivity index (χ3n) is 0.766. The first-order chi connectivity index (χ1) is 3.80. The highest BCUT2D eigenvalue weighted by Gasteiger charge is 1.99. The molecule has 4 heteroatoms. The highest BCUT2D eigenvalue weighted by atomic mass is 32.1. The predicted octanol–water partition coefficient (Wildman–Crippen LogP) is 0.558.